The van der Waals surface area contributed by atoms with Crippen LogP contribution in [0.5, 0.6) is 5.75 Å². The van der Waals surface area contributed by atoms with Crippen molar-refractivity contribution < 1.29 is 14.6 Å². The molecule has 6 heteroatoms. The summed E-state index contributed by atoms with van der Waals surface area (Å²) in [4.78, 5) is 10.2. The van der Waals surface area contributed by atoms with Crippen molar-refractivity contribution in [1.29, 1.82) is 0 Å². The molecule has 15 heavy (non-hydrogen) atoms. The Kier molecular flexibility index (Phi) is 5.89. The van der Waals surface area contributed by atoms with E-state index in [1.807, 2.05) is 0 Å². The summed E-state index contributed by atoms with van der Waals surface area (Å²) in [6.45, 7) is -0.343. The van der Waals surface area contributed by atoms with Gasteiger partial charge in [-0.25, -0.2) is 4.79 Å². The molecule has 0 amide bonds. The molecule has 0 saturated heterocycles. The van der Waals surface area contributed by atoms with Crippen LogP contribution < -0.4 is 10.6 Å². The highest BCUT2D eigenvalue weighted by Crippen LogP contribution is 2.10. The molecule has 0 fully saturated rings. The van der Waals surface area contributed by atoms with Crippen molar-refractivity contribution in [3.8, 4) is 5.75 Å². The third kappa shape index (κ3) is 4.87. The molecular formula is C9H11ClN2O3. The lowest BCUT2D eigenvalue weighted by atomic mass is 10.2. The predicted octanol–water partition coefficient (Wildman–Crippen LogP) is 0.864. The van der Waals surface area contributed by atoms with Crippen LogP contribution in [-0.2, 0) is 4.79 Å². The van der Waals surface area contributed by atoms with Gasteiger partial charge in [-0.3, -0.25) is 0 Å². The molecule has 0 atom stereocenters. The molecule has 0 unspecified atom stereocenters. The Bertz CT molecular complexity index is 338. The van der Waals surface area contributed by atoms with E-state index in [2.05, 4.69) is 5.10 Å². The van der Waals surface area contributed by atoms with Crippen LogP contribution in [0.2, 0.25) is 0 Å². The van der Waals surface area contributed by atoms with Crippen LogP contribution in [-0.4, -0.2) is 23.9 Å². The number of nitrogens with zero attached hydrogens (tertiary/aromatic N) is 1. The lowest BCUT2D eigenvalue weighted by molar-refractivity contribution is -0.139. The van der Waals surface area contributed by atoms with Crippen molar-refractivity contribution >= 4 is 24.6 Å². The first kappa shape index (κ1) is 13.2. The fourth-order valence-electron chi connectivity index (χ4n) is 0.881. The van der Waals surface area contributed by atoms with Gasteiger partial charge >= 0.3 is 5.97 Å². The second-order valence-electron chi connectivity index (χ2n) is 2.53. The molecule has 1 aromatic carbocycles. The zero-order valence-electron chi connectivity index (χ0n) is 7.79. The summed E-state index contributed by atoms with van der Waals surface area (Å²) < 4.78 is 4.93. The molecule has 1 rings (SSSR count). The van der Waals surface area contributed by atoms with Crippen molar-refractivity contribution in [1.82, 2.24) is 0 Å². The smallest absolute Gasteiger partial charge is 0.341 e. The van der Waals surface area contributed by atoms with Crippen LogP contribution in [0, 0.1) is 0 Å². The van der Waals surface area contributed by atoms with Crippen molar-refractivity contribution in [3.63, 3.8) is 0 Å². The van der Waals surface area contributed by atoms with Gasteiger partial charge in [0.05, 0.1) is 6.21 Å². The summed E-state index contributed by atoms with van der Waals surface area (Å²) in [6, 6.07) is 6.76. The highest BCUT2D eigenvalue weighted by atomic mass is 35.5. The van der Waals surface area contributed by atoms with E-state index in [1.165, 1.54) is 6.21 Å². The van der Waals surface area contributed by atoms with E-state index in [4.69, 9.17) is 15.7 Å². The van der Waals surface area contributed by atoms with Crippen molar-refractivity contribution in [2.45, 2.75) is 0 Å². The number of aliphatic carboxylic acids is 1. The molecule has 0 saturated carbocycles. The predicted molar refractivity (Wildman–Crippen MR) is 58.6 cm³/mol. The summed E-state index contributed by atoms with van der Waals surface area (Å²) in [5.41, 5.74) is 0.829. The minimum Gasteiger partial charge on any atom is -0.482 e. The summed E-state index contributed by atoms with van der Waals surface area (Å²) in [7, 11) is 0. The molecule has 5 nitrogen and oxygen atoms in total. The Morgan fingerprint density at radius 3 is 2.53 bits per heavy atom. The number of carboxylic acid groups (broad SMARTS) is 1. The maximum atomic E-state index is 10.2. The molecule has 3 N–H and O–H groups in total. The van der Waals surface area contributed by atoms with Crippen LogP contribution in [0.4, 0.5) is 0 Å². The number of nitrogens with two attached hydrogens (primary N) is 1. The van der Waals surface area contributed by atoms with Crippen LogP contribution in [0.25, 0.3) is 0 Å². The molecule has 0 aromatic heterocycles. The standard InChI is InChI=1S/C9H10N2O3.ClH/c10-11-5-7-1-3-8(4-2-7)14-6-9(12)13;/h1-5H,6,10H2,(H,12,13);1H. The number of hydrogen-bond acceptors (Lipinski definition) is 4. The minimum atomic E-state index is -1.00. The lowest BCUT2D eigenvalue weighted by Gasteiger charge is -2.02. The average Bonchev–Trinajstić information content (AvgIpc) is 2.17. The van der Waals surface area contributed by atoms with Gasteiger partial charge in [0.2, 0.25) is 0 Å². The molecule has 0 heterocycles. The van der Waals surface area contributed by atoms with Gasteiger partial charge in [0.15, 0.2) is 6.61 Å². The fraction of sp³-hybridized carbons (Fsp3) is 0.111. The Morgan fingerprint density at radius 2 is 2.07 bits per heavy atom. The number of hydrazone groups is 1. The molecule has 0 aliphatic rings. The van der Waals surface area contributed by atoms with Gasteiger partial charge in [0.25, 0.3) is 0 Å². The molecule has 0 aliphatic carbocycles. The number of benzene rings is 1. The van der Waals surface area contributed by atoms with Gasteiger partial charge < -0.3 is 15.7 Å². The van der Waals surface area contributed by atoms with Gasteiger partial charge in [-0.05, 0) is 29.8 Å². The number of carbonyl (C=O) groups is 1. The summed E-state index contributed by atoms with van der Waals surface area (Å²) >= 11 is 0. The minimum absolute atomic E-state index is 0. The van der Waals surface area contributed by atoms with E-state index < -0.39 is 5.97 Å². The third-order valence-electron chi connectivity index (χ3n) is 1.47. The first-order valence-electron chi connectivity index (χ1n) is 3.90. The highest BCUT2D eigenvalue weighted by Gasteiger charge is 1.98. The second kappa shape index (κ2) is 6.67. The van der Waals surface area contributed by atoms with Gasteiger partial charge in [0, 0.05) is 0 Å². The SMILES string of the molecule is Cl.NN=Cc1ccc(OCC(=O)O)cc1. The largest absolute Gasteiger partial charge is 0.482 e. The van der Waals surface area contributed by atoms with Crippen LogP contribution in [0.1, 0.15) is 5.56 Å². The van der Waals surface area contributed by atoms with E-state index in [1.54, 1.807) is 24.3 Å². The number of halogens is 1. The monoisotopic (exact) mass is 230 g/mol. The normalized spacial score (nSPS) is 9.60. The van der Waals surface area contributed by atoms with E-state index in [0.29, 0.717) is 5.75 Å². The molecule has 1 aromatic rings. The maximum absolute atomic E-state index is 10.2. The molecule has 0 aliphatic heterocycles. The number of carboxylic acids is 1. The second-order valence-corrected chi connectivity index (χ2v) is 2.53. The number of hydrogen-bond donors (Lipinski definition) is 2. The zero-order chi connectivity index (χ0) is 10.4. The van der Waals surface area contributed by atoms with Gasteiger partial charge in [0.1, 0.15) is 5.75 Å². The molecule has 82 valence electrons. The topological polar surface area (TPSA) is 84.9 Å². The van der Waals surface area contributed by atoms with Gasteiger partial charge in [-0.1, -0.05) is 0 Å². The van der Waals surface area contributed by atoms with E-state index in [0.717, 1.165) is 5.56 Å². The highest BCUT2D eigenvalue weighted by molar-refractivity contribution is 5.85. The molecule has 0 radical (unpaired) electrons. The van der Waals surface area contributed by atoms with E-state index in [-0.39, 0.29) is 19.0 Å². The summed E-state index contributed by atoms with van der Waals surface area (Å²) in [5, 5.41) is 11.7. The van der Waals surface area contributed by atoms with Crippen LogP contribution in [0.3, 0.4) is 0 Å². The molecule has 0 bridgehead atoms. The quantitative estimate of drug-likeness (QED) is 0.457. The van der Waals surface area contributed by atoms with Crippen molar-refractivity contribution in [3.05, 3.63) is 29.8 Å². The van der Waals surface area contributed by atoms with E-state index in [9.17, 15) is 4.79 Å². The summed E-state index contributed by atoms with van der Waals surface area (Å²) in [6.07, 6.45) is 1.49. The first-order valence-corrected chi connectivity index (χ1v) is 3.90. The fourth-order valence-corrected chi connectivity index (χ4v) is 0.881. The molecule has 0 spiro atoms. The summed E-state index contributed by atoms with van der Waals surface area (Å²) in [5.74, 6) is 4.46. The Morgan fingerprint density at radius 1 is 1.47 bits per heavy atom. The van der Waals surface area contributed by atoms with Crippen LogP contribution >= 0.6 is 12.4 Å². The Balaban J connectivity index is 0.00000196. The van der Waals surface area contributed by atoms with Gasteiger partial charge in [-0.2, -0.15) is 5.10 Å². The zero-order valence-corrected chi connectivity index (χ0v) is 8.61. The lowest BCUT2D eigenvalue weighted by Crippen LogP contribution is -2.09. The maximum Gasteiger partial charge on any atom is 0.341 e. The van der Waals surface area contributed by atoms with Crippen LogP contribution in [0.15, 0.2) is 29.4 Å². The first-order chi connectivity index (χ1) is 6.72. The third-order valence-corrected chi connectivity index (χ3v) is 1.47. The Labute approximate surface area is 93.0 Å². The number of rotatable bonds is 4. The van der Waals surface area contributed by atoms with E-state index >= 15 is 0 Å². The van der Waals surface area contributed by atoms with Crippen molar-refractivity contribution in [2.75, 3.05) is 6.61 Å². The number of ether oxygens (including phenoxy) is 1. The molecular weight excluding hydrogens is 220 g/mol. The Hall–Kier alpha value is -1.75. The van der Waals surface area contributed by atoms with Crippen molar-refractivity contribution in [2.24, 2.45) is 10.9 Å². The average molecular weight is 231 g/mol. The van der Waals surface area contributed by atoms with Gasteiger partial charge in [-0.15, -0.1) is 12.4 Å².